The van der Waals surface area contributed by atoms with Gasteiger partial charge in [0.2, 0.25) is 70.9 Å². The number of hydrogen-bond donors (Lipinski definition) is 12. The summed E-state index contributed by atoms with van der Waals surface area (Å²) in [5.74, 6) is -6.72. The molecule has 103 heavy (non-hydrogen) atoms. The molecule has 0 aliphatic carbocycles. The second-order valence-corrected chi connectivity index (χ2v) is 28.7. The summed E-state index contributed by atoms with van der Waals surface area (Å²) in [6.07, 6.45) is -0.713. The predicted molar refractivity (Wildman–Crippen MR) is 383 cm³/mol. The number of nitrogens with two attached hydrogens (primary N) is 2. The van der Waals surface area contributed by atoms with Crippen LogP contribution in [0, 0.1) is 16.7 Å². The number of aliphatic hydroxyl groups excluding tert-OH is 1. The highest BCUT2D eigenvalue weighted by Crippen LogP contribution is 2.31. The highest BCUT2D eigenvalue weighted by molar-refractivity contribution is 5.98. The minimum absolute atomic E-state index is 0.00518. The van der Waals surface area contributed by atoms with Gasteiger partial charge in [-0.2, -0.15) is 0 Å². The van der Waals surface area contributed by atoms with Crippen LogP contribution in [0.5, 0.6) is 0 Å². The van der Waals surface area contributed by atoms with Crippen LogP contribution in [0.15, 0.2) is 109 Å². The average molecular weight is 1430 g/mol. The zero-order valence-electron chi connectivity index (χ0n) is 60.2. The molecule has 4 aliphatic heterocycles. The topological polar surface area (TPSA) is 414 Å². The zero-order chi connectivity index (χ0) is 75.3. The minimum Gasteiger partial charge on any atom is -0.391 e. The zero-order valence-corrected chi connectivity index (χ0v) is 60.2. The van der Waals surface area contributed by atoms with Gasteiger partial charge in [-0.1, -0.05) is 158 Å². The third-order valence-electron chi connectivity index (χ3n) is 18.2. The number of amides is 12. The lowest BCUT2D eigenvalue weighted by atomic mass is 9.85. The summed E-state index contributed by atoms with van der Waals surface area (Å²) < 4.78 is 10.9. The number of benzene rings is 4. The Balaban J connectivity index is 0.000000288. The molecule has 8 rings (SSSR count). The Kier molecular flexibility index (Phi) is 29.3. The van der Waals surface area contributed by atoms with Crippen LogP contribution in [0.3, 0.4) is 0 Å². The van der Waals surface area contributed by atoms with Crippen molar-refractivity contribution in [1.29, 1.82) is 0 Å². The van der Waals surface area contributed by atoms with Crippen molar-refractivity contribution in [3.8, 4) is 22.3 Å². The van der Waals surface area contributed by atoms with Crippen molar-refractivity contribution in [3.05, 3.63) is 120 Å². The Morgan fingerprint density at radius 3 is 1.39 bits per heavy atom. The van der Waals surface area contributed by atoms with Crippen molar-refractivity contribution in [1.82, 2.24) is 62.6 Å². The Labute approximate surface area is 601 Å². The van der Waals surface area contributed by atoms with Crippen LogP contribution in [0.25, 0.3) is 22.3 Å². The smallest absolute Gasteiger partial charge is 0.246 e. The van der Waals surface area contributed by atoms with Gasteiger partial charge in [0.15, 0.2) is 0 Å². The minimum atomic E-state index is -1.21. The van der Waals surface area contributed by atoms with Crippen LogP contribution in [-0.2, 0) is 79.8 Å². The molecule has 0 aromatic heterocycles. The van der Waals surface area contributed by atoms with Gasteiger partial charge >= 0.3 is 0 Å². The number of nitrogens with one attached hydrogen (secondary N) is 9. The van der Waals surface area contributed by atoms with Crippen molar-refractivity contribution >= 4 is 70.9 Å². The maximum absolute atomic E-state index is 14.1. The summed E-state index contributed by atoms with van der Waals surface area (Å²) in [7, 11) is 1.50. The number of rotatable bonds is 8. The van der Waals surface area contributed by atoms with Crippen LogP contribution in [-0.4, -0.2) is 230 Å². The first kappa shape index (κ1) is 80.6. The van der Waals surface area contributed by atoms with Gasteiger partial charge in [-0.25, -0.2) is 0 Å². The van der Waals surface area contributed by atoms with Gasteiger partial charge in [0.1, 0.15) is 67.6 Å². The van der Waals surface area contributed by atoms with Crippen molar-refractivity contribution in [2.75, 3.05) is 79.3 Å². The number of hydrogen-bond acceptors (Lipinski definition) is 17. The van der Waals surface area contributed by atoms with E-state index in [1.165, 1.54) is 28.7 Å². The van der Waals surface area contributed by atoms with E-state index in [4.69, 9.17) is 20.9 Å². The Hall–Kier alpha value is -9.68. The average Bonchev–Trinajstić information content (AvgIpc) is 1.71. The molecule has 4 aliphatic rings. The van der Waals surface area contributed by atoms with Gasteiger partial charge in [0.05, 0.1) is 19.3 Å². The van der Waals surface area contributed by atoms with E-state index in [1.54, 1.807) is 20.8 Å². The Morgan fingerprint density at radius 2 is 0.893 bits per heavy atom. The molecule has 29 nitrogen and oxygen atoms in total. The largest absolute Gasteiger partial charge is 0.391 e. The maximum Gasteiger partial charge on any atom is 0.246 e. The second-order valence-electron chi connectivity index (χ2n) is 28.7. The summed E-state index contributed by atoms with van der Waals surface area (Å²) in [4.78, 5) is 165. The van der Waals surface area contributed by atoms with Crippen LogP contribution in [0.1, 0.15) is 85.8 Å². The monoisotopic (exact) mass is 1430 g/mol. The molecule has 4 fully saturated rings. The second kappa shape index (κ2) is 37.5. The van der Waals surface area contributed by atoms with E-state index in [0.29, 0.717) is 18.5 Å². The molecule has 4 heterocycles. The number of likely N-dealkylation sites (N-methyl/N-ethyl adjacent to an activating group) is 1. The summed E-state index contributed by atoms with van der Waals surface area (Å²) in [6, 6.07) is 25.1. The van der Waals surface area contributed by atoms with Crippen molar-refractivity contribution in [2.24, 2.45) is 28.2 Å². The van der Waals surface area contributed by atoms with Crippen molar-refractivity contribution in [3.63, 3.8) is 0 Å². The van der Waals surface area contributed by atoms with Gasteiger partial charge in [-0.15, -0.1) is 0 Å². The molecule has 12 amide bonds. The number of carbonyl (C=O) groups excluding carboxylic acids is 12. The summed E-state index contributed by atoms with van der Waals surface area (Å²) in [6.45, 7) is 13.1. The van der Waals surface area contributed by atoms with Gasteiger partial charge in [-0.05, 0) is 63.5 Å². The predicted octanol–water partition coefficient (Wildman–Crippen LogP) is -0.445. The molecule has 29 heteroatoms. The molecule has 4 saturated heterocycles. The summed E-state index contributed by atoms with van der Waals surface area (Å²) >= 11 is 0. The molecule has 0 spiro atoms. The fourth-order valence-corrected chi connectivity index (χ4v) is 12.3. The Morgan fingerprint density at radius 1 is 0.456 bits per heavy atom. The number of carbonyl (C=O) groups is 12. The first-order valence-electron chi connectivity index (χ1n) is 34.9. The van der Waals surface area contributed by atoms with E-state index in [2.05, 4.69) is 47.9 Å². The molecule has 11 atom stereocenters. The fourth-order valence-electron chi connectivity index (χ4n) is 12.3. The molecular formula is C74H102N14O15. The quantitative estimate of drug-likeness (QED) is 0.106. The molecule has 0 bridgehead atoms. The third kappa shape index (κ3) is 23.4. The van der Waals surface area contributed by atoms with E-state index in [1.807, 2.05) is 137 Å². The lowest BCUT2D eigenvalue weighted by molar-refractivity contribution is -0.145. The molecule has 0 radical (unpaired) electrons. The summed E-state index contributed by atoms with van der Waals surface area (Å²) in [5.41, 5.74) is 15.5. The standard InChI is InChI=1S/C37H51N7O8.C37H51N7O7/c1-22-32(47)41-28(19-38)35(50)43(5)15-16-52-21-30(46)42-31(37(2,3)4)36(51)44-20-26(45)18-29(44)34(49)40-27(33(48)39-22)17-23-11-13-25(14-12-23)24-9-7-6-8-10-24;1-23-18-29-35(49)42-27(19-24-10-12-26(13-11-24)25-8-6-5-7-9-25)33(47)39-15-14-30(45)41-28(20-38)34(48)40-16-17-51-22-31(46)43-32(37(2,3)4)36(50)44(29)21-23/h6-14,22,26-29,31,45H,15-21,38H2,1-5H3,(H,39,48)(H,40,49)(H,41,47)(H,42,46);5-13,23,27-29,32H,14-22,38H2,1-4H3,(H,39,47)(H,40,48)(H,41,45)(H,42,49)(H,43,46)/t22-,26-,27-,28-,29+,31-;23-,27-,28-,29+,32-/m11/s1. The van der Waals surface area contributed by atoms with Crippen LogP contribution in [0.4, 0.5) is 0 Å². The van der Waals surface area contributed by atoms with Crippen molar-refractivity contribution in [2.45, 2.75) is 148 Å². The van der Waals surface area contributed by atoms with Crippen LogP contribution in [0.2, 0.25) is 0 Å². The first-order chi connectivity index (χ1) is 48.8. The lowest BCUT2D eigenvalue weighted by Crippen LogP contribution is -2.60. The molecule has 4 aromatic rings. The highest BCUT2D eigenvalue weighted by Gasteiger charge is 2.47. The Bertz CT molecular complexity index is 3610. The molecule has 14 N–H and O–H groups in total. The van der Waals surface area contributed by atoms with E-state index in [9.17, 15) is 62.6 Å². The SMILES string of the molecule is C[C@@H]1C[C@H]2C(=O)N[C@H](Cc3ccc(-c4ccccc4)cc3)C(=O)NCCC(=O)N[C@H](CN)C(=O)NCCOCC(=O)N[C@@H](C(C)(C)C)C(=O)N2C1.C[C@H]1NC(=O)[C@@H](Cc2ccc(-c3ccccc3)cc2)NC(=O)[C@@H]2C[C@@H](O)CN2C(=O)[C@H](C(C)(C)C)NC(=O)COCCN(C)C(=O)[C@@H](CN)NC1=O. The van der Waals surface area contributed by atoms with Crippen molar-refractivity contribution < 1.29 is 72.1 Å². The van der Waals surface area contributed by atoms with E-state index in [-0.39, 0.29) is 90.7 Å². The van der Waals surface area contributed by atoms with E-state index in [0.717, 1.165) is 27.8 Å². The molecule has 558 valence electrons. The van der Waals surface area contributed by atoms with Crippen LogP contribution < -0.4 is 59.3 Å². The van der Waals surface area contributed by atoms with Crippen LogP contribution >= 0.6 is 0 Å². The number of fused-ring (bicyclic) bond motifs is 2. The first-order valence-corrected chi connectivity index (χ1v) is 34.9. The van der Waals surface area contributed by atoms with Gasteiger partial charge in [0.25, 0.3) is 0 Å². The number of nitrogens with zero attached hydrogens (tertiary/aromatic N) is 3. The lowest BCUT2D eigenvalue weighted by Gasteiger charge is -2.35. The fraction of sp³-hybridized carbons (Fsp3) is 0.514. The molecule has 0 unspecified atom stereocenters. The highest BCUT2D eigenvalue weighted by atomic mass is 16.5. The van der Waals surface area contributed by atoms with E-state index >= 15 is 0 Å². The third-order valence-corrected chi connectivity index (χ3v) is 18.2. The maximum atomic E-state index is 14.1. The van der Waals surface area contributed by atoms with Gasteiger partial charge < -0.3 is 88.6 Å². The number of ether oxygens (including phenoxy) is 2. The summed E-state index contributed by atoms with van der Waals surface area (Å²) in [5, 5.41) is 34.9. The molecule has 0 saturated carbocycles. The van der Waals surface area contributed by atoms with Gasteiger partial charge in [0, 0.05) is 78.5 Å². The molecule has 4 aromatic carbocycles. The molecular weight excluding hydrogens is 1320 g/mol. The number of aliphatic hydroxyl groups is 1. The normalized spacial score (nSPS) is 25.9. The van der Waals surface area contributed by atoms with Gasteiger partial charge in [-0.3, -0.25) is 57.5 Å². The van der Waals surface area contributed by atoms with E-state index < -0.39 is 149 Å².